The predicted molar refractivity (Wildman–Crippen MR) is 78.5 cm³/mol. The molecule has 1 rings (SSSR count). The zero-order chi connectivity index (χ0) is 13.2. The van der Waals surface area contributed by atoms with Crippen LogP contribution < -0.4 is 5.32 Å². The second kappa shape index (κ2) is 9.37. The third kappa shape index (κ3) is 5.85. The first kappa shape index (κ1) is 15.5. The summed E-state index contributed by atoms with van der Waals surface area (Å²) < 4.78 is 5.13. The lowest BCUT2D eigenvalue weighted by Crippen LogP contribution is -2.22. The van der Waals surface area contributed by atoms with E-state index < -0.39 is 0 Å². The molecule has 1 aromatic rings. The van der Waals surface area contributed by atoms with Gasteiger partial charge in [0.1, 0.15) is 0 Å². The minimum Gasteiger partial charge on any atom is -0.385 e. The van der Waals surface area contributed by atoms with Crippen LogP contribution in [0.1, 0.15) is 37.7 Å². The standard InChI is InChI=1S/C15H24ClNO/c1-3-10-17-12-14(5-4-11-18-2)13-6-8-15(16)9-7-13/h6-9,14,17H,3-5,10-12H2,1-2H3. The molecule has 0 fully saturated rings. The molecule has 1 atom stereocenters. The molecule has 1 unspecified atom stereocenters. The van der Waals surface area contributed by atoms with Crippen LogP contribution in [0.25, 0.3) is 0 Å². The largest absolute Gasteiger partial charge is 0.385 e. The first-order chi connectivity index (χ1) is 8.77. The highest BCUT2D eigenvalue weighted by atomic mass is 35.5. The summed E-state index contributed by atoms with van der Waals surface area (Å²) in [4.78, 5) is 0. The summed E-state index contributed by atoms with van der Waals surface area (Å²) in [7, 11) is 1.76. The normalized spacial score (nSPS) is 12.6. The van der Waals surface area contributed by atoms with Crippen LogP contribution in [0.3, 0.4) is 0 Å². The Morgan fingerprint density at radius 2 is 2.00 bits per heavy atom. The summed E-state index contributed by atoms with van der Waals surface area (Å²) in [5.41, 5.74) is 1.36. The third-order valence-electron chi connectivity index (χ3n) is 3.06. The molecule has 0 bridgehead atoms. The molecule has 18 heavy (non-hydrogen) atoms. The maximum atomic E-state index is 5.93. The summed E-state index contributed by atoms with van der Waals surface area (Å²) in [6, 6.07) is 8.21. The van der Waals surface area contributed by atoms with Crippen molar-refractivity contribution in [3.8, 4) is 0 Å². The molecule has 1 aromatic carbocycles. The van der Waals surface area contributed by atoms with E-state index in [1.54, 1.807) is 7.11 Å². The molecule has 1 N–H and O–H groups in total. The molecule has 0 aliphatic rings. The van der Waals surface area contributed by atoms with Crippen molar-refractivity contribution >= 4 is 11.6 Å². The number of hydrogen-bond acceptors (Lipinski definition) is 2. The fraction of sp³-hybridized carbons (Fsp3) is 0.600. The van der Waals surface area contributed by atoms with Gasteiger partial charge >= 0.3 is 0 Å². The Labute approximate surface area is 116 Å². The van der Waals surface area contributed by atoms with E-state index in [1.807, 2.05) is 12.1 Å². The predicted octanol–water partition coefficient (Wildman–Crippen LogP) is 3.85. The van der Waals surface area contributed by atoms with Crippen LogP contribution >= 0.6 is 11.6 Å². The van der Waals surface area contributed by atoms with Crippen LogP contribution in [-0.4, -0.2) is 26.8 Å². The van der Waals surface area contributed by atoms with Gasteiger partial charge in [0.2, 0.25) is 0 Å². The molecule has 2 nitrogen and oxygen atoms in total. The van der Waals surface area contributed by atoms with Gasteiger partial charge in [-0.05, 0) is 49.4 Å². The number of hydrogen-bond donors (Lipinski definition) is 1. The van der Waals surface area contributed by atoms with Crippen molar-refractivity contribution in [3.05, 3.63) is 34.9 Å². The summed E-state index contributed by atoms with van der Waals surface area (Å²) in [5, 5.41) is 4.30. The topological polar surface area (TPSA) is 21.3 Å². The van der Waals surface area contributed by atoms with Crippen LogP contribution in [0.4, 0.5) is 0 Å². The van der Waals surface area contributed by atoms with E-state index in [9.17, 15) is 0 Å². The minimum atomic E-state index is 0.545. The smallest absolute Gasteiger partial charge is 0.0462 e. The molecule has 0 saturated heterocycles. The van der Waals surface area contributed by atoms with Crippen molar-refractivity contribution in [2.24, 2.45) is 0 Å². The van der Waals surface area contributed by atoms with E-state index in [1.165, 1.54) is 12.0 Å². The van der Waals surface area contributed by atoms with Crippen LogP contribution in [0.15, 0.2) is 24.3 Å². The van der Waals surface area contributed by atoms with Crippen molar-refractivity contribution in [2.45, 2.75) is 32.1 Å². The van der Waals surface area contributed by atoms with Crippen LogP contribution in [0.2, 0.25) is 5.02 Å². The van der Waals surface area contributed by atoms with E-state index in [4.69, 9.17) is 16.3 Å². The number of halogens is 1. The average molecular weight is 270 g/mol. The van der Waals surface area contributed by atoms with Gasteiger partial charge < -0.3 is 10.1 Å². The molecular weight excluding hydrogens is 246 g/mol. The molecule has 0 amide bonds. The zero-order valence-corrected chi connectivity index (χ0v) is 12.2. The van der Waals surface area contributed by atoms with Crippen molar-refractivity contribution in [2.75, 3.05) is 26.8 Å². The fourth-order valence-corrected chi connectivity index (χ4v) is 2.17. The van der Waals surface area contributed by atoms with Gasteiger partial charge in [-0.1, -0.05) is 30.7 Å². The van der Waals surface area contributed by atoms with Crippen molar-refractivity contribution in [3.63, 3.8) is 0 Å². The van der Waals surface area contributed by atoms with E-state index in [-0.39, 0.29) is 0 Å². The van der Waals surface area contributed by atoms with Gasteiger partial charge in [-0.15, -0.1) is 0 Å². The first-order valence-corrected chi connectivity index (χ1v) is 7.10. The number of benzene rings is 1. The third-order valence-corrected chi connectivity index (χ3v) is 3.31. The second-order valence-electron chi connectivity index (χ2n) is 4.59. The first-order valence-electron chi connectivity index (χ1n) is 6.73. The van der Waals surface area contributed by atoms with E-state index in [2.05, 4.69) is 24.4 Å². The number of methoxy groups -OCH3 is 1. The Hall–Kier alpha value is -0.570. The Morgan fingerprint density at radius 1 is 1.28 bits per heavy atom. The van der Waals surface area contributed by atoms with Gasteiger partial charge in [-0.25, -0.2) is 0 Å². The molecular formula is C15H24ClNO. The van der Waals surface area contributed by atoms with Crippen molar-refractivity contribution < 1.29 is 4.74 Å². The van der Waals surface area contributed by atoms with Gasteiger partial charge in [0.05, 0.1) is 0 Å². The van der Waals surface area contributed by atoms with Gasteiger partial charge in [0.25, 0.3) is 0 Å². The molecule has 0 radical (unpaired) electrons. The van der Waals surface area contributed by atoms with Crippen molar-refractivity contribution in [1.29, 1.82) is 0 Å². The molecule has 0 aliphatic carbocycles. The maximum absolute atomic E-state index is 5.93. The van der Waals surface area contributed by atoms with Crippen LogP contribution in [0.5, 0.6) is 0 Å². The monoisotopic (exact) mass is 269 g/mol. The molecule has 0 heterocycles. The highest BCUT2D eigenvalue weighted by molar-refractivity contribution is 6.30. The van der Waals surface area contributed by atoms with Gasteiger partial charge in [-0.2, -0.15) is 0 Å². The average Bonchev–Trinajstić information content (AvgIpc) is 2.38. The minimum absolute atomic E-state index is 0.545. The summed E-state index contributed by atoms with van der Waals surface area (Å²) >= 11 is 5.93. The Balaban J connectivity index is 2.54. The fourth-order valence-electron chi connectivity index (χ4n) is 2.05. The highest BCUT2D eigenvalue weighted by Crippen LogP contribution is 2.22. The van der Waals surface area contributed by atoms with Crippen LogP contribution in [-0.2, 0) is 4.74 Å². The molecule has 102 valence electrons. The van der Waals surface area contributed by atoms with Gasteiger partial charge in [0, 0.05) is 25.3 Å². The summed E-state index contributed by atoms with van der Waals surface area (Å²) in [6.07, 6.45) is 3.41. The summed E-state index contributed by atoms with van der Waals surface area (Å²) in [5.74, 6) is 0.545. The maximum Gasteiger partial charge on any atom is 0.0462 e. The SMILES string of the molecule is CCCNCC(CCCOC)c1ccc(Cl)cc1. The Morgan fingerprint density at radius 3 is 2.61 bits per heavy atom. The summed E-state index contributed by atoms with van der Waals surface area (Å²) in [6.45, 7) is 5.13. The molecule has 0 saturated carbocycles. The van der Waals surface area contributed by atoms with Gasteiger partial charge in [-0.3, -0.25) is 0 Å². The van der Waals surface area contributed by atoms with Crippen molar-refractivity contribution in [1.82, 2.24) is 5.32 Å². The lowest BCUT2D eigenvalue weighted by Gasteiger charge is -2.18. The molecule has 0 aromatic heterocycles. The second-order valence-corrected chi connectivity index (χ2v) is 5.02. The number of ether oxygens (including phenoxy) is 1. The molecule has 3 heteroatoms. The molecule has 0 spiro atoms. The zero-order valence-electron chi connectivity index (χ0n) is 11.4. The van der Waals surface area contributed by atoms with E-state index in [0.717, 1.165) is 37.6 Å². The Bertz CT molecular complexity index is 303. The van der Waals surface area contributed by atoms with Gasteiger partial charge in [0.15, 0.2) is 0 Å². The Kier molecular flexibility index (Phi) is 8.06. The van der Waals surface area contributed by atoms with Crippen LogP contribution in [0, 0.1) is 0 Å². The highest BCUT2D eigenvalue weighted by Gasteiger charge is 2.10. The number of rotatable bonds is 9. The van der Waals surface area contributed by atoms with E-state index in [0.29, 0.717) is 5.92 Å². The quantitative estimate of drug-likeness (QED) is 0.688. The number of nitrogens with one attached hydrogen (secondary N) is 1. The molecule has 0 aliphatic heterocycles. The lowest BCUT2D eigenvalue weighted by molar-refractivity contribution is 0.190. The van der Waals surface area contributed by atoms with E-state index >= 15 is 0 Å². The lowest BCUT2D eigenvalue weighted by atomic mass is 9.94.